The van der Waals surface area contributed by atoms with E-state index in [2.05, 4.69) is 15.9 Å². The first-order chi connectivity index (χ1) is 8.58. The number of hydrogen-bond acceptors (Lipinski definition) is 1. The average molecular weight is 315 g/mol. The molecular weight excluding hydrogens is 295 g/mol. The standard InChI is InChI=1S/C15H20BrFO/c1-10-8-12(17)9-11(2)15(10)14(16)6-5-13-4-3-7-18-13/h8-9,13-14H,3-7H2,1-2H3. The van der Waals surface area contributed by atoms with Gasteiger partial charge in [0.15, 0.2) is 0 Å². The summed E-state index contributed by atoms with van der Waals surface area (Å²) in [5.74, 6) is -0.146. The molecular formula is C15H20BrFO. The zero-order valence-corrected chi connectivity index (χ0v) is 12.6. The largest absolute Gasteiger partial charge is 0.378 e. The van der Waals surface area contributed by atoms with Gasteiger partial charge in [-0.15, -0.1) is 0 Å². The van der Waals surface area contributed by atoms with Crippen LogP contribution in [0.15, 0.2) is 12.1 Å². The molecule has 0 aliphatic carbocycles. The van der Waals surface area contributed by atoms with Crippen molar-refractivity contribution in [2.24, 2.45) is 0 Å². The van der Waals surface area contributed by atoms with Crippen LogP contribution in [0.5, 0.6) is 0 Å². The Morgan fingerprint density at radius 1 is 1.39 bits per heavy atom. The molecule has 0 bridgehead atoms. The highest BCUT2D eigenvalue weighted by Gasteiger charge is 2.19. The molecule has 1 nitrogen and oxygen atoms in total. The average Bonchev–Trinajstić information content (AvgIpc) is 2.77. The Balaban J connectivity index is 2.01. The van der Waals surface area contributed by atoms with Gasteiger partial charge >= 0.3 is 0 Å². The molecule has 100 valence electrons. The second-order valence-electron chi connectivity index (χ2n) is 5.13. The van der Waals surface area contributed by atoms with Crippen LogP contribution in [0.2, 0.25) is 0 Å². The van der Waals surface area contributed by atoms with E-state index in [9.17, 15) is 4.39 Å². The third kappa shape index (κ3) is 3.33. The maximum absolute atomic E-state index is 13.3. The summed E-state index contributed by atoms with van der Waals surface area (Å²) in [6.07, 6.45) is 4.91. The quantitative estimate of drug-likeness (QED) is 0.723. The molecule has 0 spiro atoms. The lowest BCUT2D eigenvalue weighted by Crippen LogP contribution is -2.07. The number of ether oxygens (including phenoxy) is 1. The normalized spacial score (nSPS) is 21.2. The Kier molecular flexibility index (Phi) is 4.79. The minimum Gasteiger partial charge on any atom is -0.378 e. The van der Waals surface area contributed by atoms with Crippen LogP contribution < -0.4 is 0 Å². The van der Waals surface area contributed by atoms with Crippen molar-refractivity contribution < 1.29 is 9.13 Å². The van der Waals surface area contributed by atoms with Gasteiger partial charge in [0.1, 0.15) is 5.82 Å². The fourth-order valence-corrected chi connectivity index (χ4v) is 3.75. The number of halogens is 2. The van der Waals surface area contributed by atoms with Crippen LogP contribution in [-0.2, 0) is 4.74 Å². The van der Waals surface area contributed by atoms with Gasteiger partial charge < -0.3 is 4.74 Å². The van der Waals surface area contributed by atoms with Crippen molar-refractivity contribution >= 4 is 15.9 Å². The first kappa shape index (κ1) is 14.0. The fourth-order valence-electron chi connectivity index (χ4n) is 2.76. The zero-order valence-electron chi connectivity index (χ0n) is 11.0. The number of alkyl halides is 1. The Labute approximate surface area is 117 Å². The van der Waals surface area contributed by atoms with E-state index in [0.29, 0.717) is 10.9 Å². The van der Waals surface area contributed by atoms with Crippen molar-refractivity contribution in [1.29, 1.82) is 0 Å². The van der Waals surface area contributed by atoms with Gasteiger partial charge in [-0.3, -0.25) is 0 Å². The maximum Gasteiger partial charge on any atom is 0.123 e. The van der Waals surface area contributed by atoms with E-state index in [1.165, 1.54) is 18.4 Å². The summed E-state index contributed by atoms with van der Waals surface area (Å²) in [6, 6.07) is 3.23. The molecule has 0 aromatic heterocycles. The molecule has 0 saturated carbocycles. The summed E-state index contributed by atoms with van der Waals surface area (Å²) in [5, 5.41) is 0. The number of benzene rings is 1. The Bertz CT molecular complexity index is 390. The first-order valence-corrected chi connectivity index (χ1v) is 7.52. The lowest BCUT2D eigenvalue weighted by molar-refractivity contribution is 0.102. The summed E-state index contributed by atoms with van der Waals surface area (Å²) < 4.78 is 18.9. The van der Waals surface area contributed by atoms with Crippen LogP contribution >= 0.6 is 15.9 Å². The number of hydrogen-bond donors (Lipinski definition) is 0. The van der Waals surface area contributed by atoms with Crippen molar-refractivity contribution in [1.82, 2.24) is 0 Å². The Hall–Kier alpha value is -0.410. The summed E-state index contributed by atoms with van der Waals surface area (Å²) >= 11 is 3.74. The molecule has 2 atom stereocenters. The van der Waals surface area contributed by atoms with Gasteiger partial charge in [0.2, 0.25) is 0 Å². The van der Waals surface area contributed by atoms with Crippen molar-refractivity contribution in [3.63, 3.8) is 0 Å². The molecule has 1 aliphatic rings. The zero-order chi connectivity index (χ0) is 13.1. The van der Waals surface area contributed by atoms with Gasteiger partial charge in [-0.2, -0.15) is 0 Å². The molecule has 1 aromatic rings. The van der Waals surface area contributed by atoms with Crippen LogP contribution in [0.1, 0.15) is 47.2 Å². The predicted molar refractivity (Wildman–Crippen MR) is 75.8 cm³/mol. The minimum absolute atomic E-state index is 0.146. The van der Waals surface area contributed by atoms with Crippen molar-refractivity contribution in [3.05, 3.63) is 34.6 Å². The van der Waals surface area contributed by atoms with E-state index >= 15 is 0 Å². The number of aryl methyl sites for hydroxylation is 2. The Morgan fingerprint density at radius 2 is 2.06 bits per heavy atom. The van der Waals surface area contributed by atoms with E-state index in [1.807, 2.05) is 13.8 Å². The van der Waals surface area contributed by atoms with Crippen LogP contribution in [0.25, 0.3) is 0 Å². The SMILES string of the molecule is Cc1cc(F)cc(C)c1C(Br)CCC1CCCO1. The smallest absolute Gasteiger partial charge is 0.123 e. The lowest BCUT2D eigenvalue weighted by atomic mass is 9.96. The minimum atomic E-state index is -0.146. The predicted octanol–water partition coefficient (Wildman–Crippen LogP) is 4.84. The van der Waals surface area contributed by atoms with Crippen molar-refractivity contribution in [2.75, 3.05) is 6.61 Å². The van der Waals surface area contributed by atoms with E-state index in [0.717, 1.165) is 30.6 Å². The lowest BCUT2D eigenvalue weighted by Gasteiger charge is -2.18. The third-order valence-electron chi connectivity index (χ3n) is 3.64. The van der Waals surface area contributed by atoms with Gasteiger partial charge in [0.05, 0.1) is 6.10 Å². The van der Waals surface area contributed by atoms with Gasteiger partial charge in [0.25, 0.3) is 0 Å². The maximum atomic E-state index is 13.3. The Morgan fingerprint density at radius 3 is 2.61 bits per heavy atom. The molecule has 3 heteroatoms. The highest BCUT2D eigenvalue weighted by atomic mass is 79.9. The molecule has 1 aromatic carbocycles. The number of rotatable bonds is 4. The molecule has 1 saturated heterocycles. The highest BCUT2D eigenvalue weighted by Crippen LogP contribution is 2.34. The second kappa shape index (κ2) is 6.16. The molecule has 1 heterocycles. The summed E-state index contributed by atoms with van der Waals surface area (Å²) in [7, 11) is 0. The van der Waals surface area contributed by atoms with Gasteiger partial charge in [-0.25, -0.2) is 4.39 Å². The second-order valence-corrected chi connectivity index (χ2v) is 6.24. The van der Waals surface area contributed by atoms with Crippen molar-refractivity contribution in [2.45, 2.75) is 50.5 Å². The van der Waals surface area contributed by atoms with E-state index < -0.39 is 0 Å². The molecule has 18 heavy (non-hydrogen) atoms. The van der Waals surface area contributed by atoms with Crippen molar-refractivity contribution in [3.8, 4) is 0 Å². The highest BCUT2D eigenvalue weighted by molar-refractivity contribution is 9.09. The van der Waals surface area contributed by atoms with E-state index in [1.54, 1.807) is 12.1 Å². The van der Waals surface area contributed by atoms with Crippen LogP contribution in [0.4, 0.5) is 4.39 Å². The molecule has 2 unspecified atom stereocenters. The summed E-state index contributed by atoms with van der Waals surface area (Å²) in [5.41, 5.74) is 3.29. The molecule has 2 rings (SSSR count). The monoisotopic (exact) mass is 314 g/mol. The summed E-state index contributed by atoms with van der Waals surface area (Å²) in [6.45, 7) is 4.86. The molecule has 1 aliphatic heterocycles. The van der Waals surface area contributed by atoms with E-state index in [4.69, 9.17) is 4.74 Å². The fraction of sp³-hybridized carbons (Fsp3) is 0.600. The molecule has 1 fully saturated rings. The first-order valence-electron chi connectivity index (χ1n) is 6.60. The summed E-state index contributed by atoms with van der Waals surface area (Å²) in [4.78, 5) is 0.294. The molecule has 0 amide bonds. The van der Waals surface area contributed by atoms with Gasteiger partial charge in [-0.05, 0) is 68.4 Å². The van der Waals surface area contributed by atoms with Crippen LogP contribution in [0.3, 0.4) is 0 Å². The van der Waals surface area contributed by atoms with Gasteiger partial charge in [0, 0.05) is 11.4 Å². The topological polar surface area (TPSA) is 9.23 Å². The molecule has 0 N–H and O–H groups in total. The van der Waals surface area contributed by atoms with E-state index in [-0.39, 0.29) is 5.82 Å². The molecule has 0 radical (unpaired) electrons. The van der Waals surface area contributed by atoms with Gasteiger partial charge in [-0.1, -0.05) is 15.9 Å². The third-order valence-corrected chi connectivity index (χ3v) is 4.55. The van der Waals surface area contributed by atoms with Crippen LogP contribution in [-0.4, -0.2) is 12.7 Å². The van der Waals surface area contributed by atoms with Crippen LogP contribution in [0, 0.1) is 19.7 Å².